The number of hydrogen-bond acceptors (Lipinski definition) is 1. The number of benzene rings is 2. The maximum absolute atomic E-state index is 13.8. The van der Waals surface area contributed by atoms with Gasteiger partial charge in [-0.1, -0.05) is 30.7 Å². The van der Waals surface area contributed by atoms with Crippen molar-refractivity contribution in [1.29, 1.82) is 0 Å². The van der Waals surface area contributed by atoms with E-state index in [1.165, 1.54) is 5.56 Å². The Labute approximate surface area is 121 Å². The topological polar surface area (TPSA) is 12.0 Å². The Bertz CT molecular complexity index is 631. The number of fused-ring (bicyclic) bond motifs is 1. The van der Waals surface area contributed by atoms with Crippen LogP contribution in [0, 0.1) is 17.5 Å². The fourth-order valence-electron chi connectivity index (χ4n) is 2.93. The highest BCUT2D eigenvalue weighted by Gasteiger charge is 2.21. The first-order valence-corrected chi connectivity index (χ1v) is 7.14. The van der Waals surface area contributed by atoms with E-state index in [1.54, 1.807) is 0 Å². The zero-order valence-corrected chi connectivity index (χ0v) is 11.5. The maximum Gasteiger partial charge on any atom is 0.152 e. The van der Waals surface area contributed by atoms with Gasteiger partial charge in [0.15, 0.2) is 11.6 Å². The molecule has 2 aromatic rings. The average molecular weight is 291 g/mol. The van der Waals surface area contributed by atoms with Crippen LogP contribution in [-0.2, 0) is 6.42 Å². The lowest BCUT2D eigenvalue weighted by molar-refractivity contribution is 0.541. The van der Waals surface area contributed by atoms with Gasteiger partial charge >= 0.3 is 0 Å². The number of rotatable bonds is 2. The summed E-state index contributed by atoms with van der Waals surface area (Å²) in [6, 6.07) is 9.18. The van der Waals surface area contributed by atoms with E-state index in [0.29, 0.717) is 12.1 Å². The third-order valence-corrected chi connectivity index (χ3v) is 3.94. The van der Waals surface area contributed by atoms with Crippen LogP contribution in [0.1, 0.15) is 36.4 Å². The van der Waals surface area contributed by atoms with Gasteiger partial charge in [0.25, 0.3) is 0 Å². The van der Waals surface area contributed by atoms with Crippen LogP contribution < -0.4 is 5.32 Å². The Balaban J connectivity index is 1.95. The highest BCUT2D eigenvalue weighted by molar-refractivity contribution is 5.49. The molecule has 110 valence electrons. The van der Waals surface area contributed by atoms with E-state index in [0.717, 1.165) is 31.2 Å². The van der Waals surface area contributed by atoms with Gasteiger partial charge in [0.2, 0.25) is 0 Å². The first-order chi connectivity index (χ1) is 10.1. The molecule has 0 spiro atoms. The molecule has 1 nitrogen and oxygen atoms in total. The molecule has 1 unspecified atom stereocenters. The predicted octanol–water partition coefficient (Wildman–Crippen LogP) is 4.98. The van der Waals surface area contributed by atoms with Crippen LogP contribution in [0.3, 0.4) is 0 Å². The number of halogens is 3. The molecule has 0 bridgehead atoms. The van der Waals surface area contributed by atoms with E-state index in [2.05, 4.69) is 5.32 Å². The van der Waals surface area contributed by atoms with Crippen molar-refractivity contribution in [3.8, 4) is 0 Å². The fourth-order valence-corrected chi connectivity index (χ4v) is 2.93. The lowest BCUT2D eigenvalue weighted by Crippen LogP contribution is -2.13. The fraction of sp³-hybridized carbons (Fsp3) is 0.294. The monoisotopic (exact) mass is 291 g/mol. The SMILES string of the molecule is Fc1cc(F)c(NC2CCCCc3ccccc32)c(F)c1. The van der Waals surface area contributed by atoms with E-state index in [4.69, 9.17) is 0 Å². The Kier molecular flexibility index (Phi) is 3.86. The van der Waals surface area contributed by atoms with Crippen LogP contribution >= 0.6 is 0 Å². The summed E-state index contributed by atoms with van der Waals surface area (Å²) in [7, 11) is 0. The highest BCUT2D eigenvalue weighted by Crippen LogP contribution is 2.33. The minimum atomic E-state index is -0.906. The van der Waals surface area contributed by atoms with Gasteiger partial charge in [-0.25, -0.2) is 13.2 Å². The third-order valence-electron chi connectivity index (χ3n) is 3.94. The van der Waals surface area contributed by atoms with E-state index in [9.17, 15) is 13.2 Å². The van der Waals surface area contributed by atoms with Gasteiger partial charge in [0.1, 0.15) is 11.5 Å². The molecule has 0 radical (unpaired) electrons. The Morgan fingerprint density at radius 1 is 0.952 bits per heavy atom. The zero-order chi connectivity index (χ0) is 14.8. The summed E-state index contributed by atoms with van der Waals surface area (Å²) in [4.78, 5) is 0. The molecule has 1 aliphatic carbocycles. The molecule has 1 N–H and O–H groups in total. The van der Waals surface area contributed by atoms with Crippen molar-refractivity contribution < 1.29 is 13.2 Å². The van der Waals surface area contributed by atoms with Crippen LogP contribution in [0.5, 0.6) is 0 Å². The van der Waals surface area contributed by atoms with Crippen LogP contribution in [0.2, 0.25) is 0 Å². The minimum absolute atomic E-state index is 0.154. The number of nitrogens with one attached hydrogen (secondary N) is 1. The average Bonchev–Trinajstić information content (AvgIpc) is 2.65. The highest BCUT2D eigenvalue weighted by atomic mass is 19.1. The van der Waals surface area contributed by atoms with Crippen molar-refractivity contribution in [2.75, 3.05) is 5.32 Å². The molecule has 1 atom stereocenters. The van der Waals surface area contributed by atoms with Crippen molar-refractivity contribution in [2.45, 2.75) is 31.7 Å². The van der Waals surface area contributed by atoms with Gasteiger partial charge in [-0.15, -0.1) is 0 Å². The Hall–Kier alpha value is -1.97. The molecule has 0 saturated heterocycles. The zero-order valence-electron chi connectivity index (χ0n) is 11.5. The van der Waals surface area contributed by atoms with Gasteiger partial charge in [0.05, 0.1) is 6.04 Å². The van der Waals surface area contributed by atoms with Crippen molar-refractivity contribution >= 4 is 5.69 Å². The second kappa shape index (κ2) is 5.80. The van der Waals surface area contributed by atoms with Crippen LogP contribution in [-0.4, -0.2) is 0 Å². The maximum atomic E-state index is 13.8. The molecule has 3 rings (SSSR count). The molecule has 21 heavy (non-hydrogen) atoms. The summed E-state index contributed by atoms with van der Waals surface area (Å²) in [6.07, 6.45) is 3.82. The van der Waals surface area contributed by atoms with E-state index < -0.39 is 17.5 Å². The van der Waals surface area contributed by atoms with Crippen molar-refractivity contribution in [3.63, 3.8) is 0 Å². The molecular weight excluding hydrogens is 275 g/mol. The molecule has 0 heterocycles. The van der Waals surface area contributed by atoms with E-state index >= 15 is 0 Å². The van der Waals surface area contributed by atoms with Crippen molar-refractivity contribution in [3.05, 3.63) is 65.0 Å². The van der Waals surface area contributed by atoms with Crippen LogP contribution in [0.25, 0.3) is 0 Å². The first kappa shape index (κ1) is 14.0. The number of hydrogen-bond donors (Lipinski definition) is 1. The predicted molar refractivity (Wildman–Crippen MR) is 76.7 cm³/mol. The summed E-state index contributed by atoms with van der Waals surface area (Å²) in [5.74, 6) is -2.69. The van der Waals surface area contributed by atoms with Gasteiger partial charge in [-0.3, -0.25) is 0 Å². The smallest absolute Gasteiger partial charge is 0.152 e. The molecule has 0 amide bonds. The molecule has 1 aliphatic rings. The van der Waals surface area contributed by atoms with Crippen molar-refractivity contribution in [1.82, 2.24) is 0 Å². The number of aryl methyl sites for hydroxylation is 1. The standard InChI is InChI=1S/C17H16F3N/c18-12-9-14(19)17(15(20)10-12)21-16-8-4-2-6-11-5-1-3-7-13(11)16/h1,3,5,7,9-10,16,21H,2,4,6,8H2. The summed E-state index contributed by atoms with van der Waals surface area (Å²) in [6.45, 7) is 0. The van der Waals surface area contributed by atoms with Crippen LogP contribution in [0.15, 0.2) is 36.4 Å². The molecule has 0 saturated carbocycles. The quantitative estimate of drug-likeness (QED) is 0.769. The van der Waals surface area contributed by atoms with Crippen LogP contribution in [0.4, 0.5) is 18.9 Å². The molecule has 4 heteroatoms. The molecule has 0 aromatic heterocycles. The summed E-state index contributed by atoms with van der Waals surface area (Å²) in [5.41, 5.74) is 2.02. The van der Waals surface area contributed by atoms with Gasteiger partial charge < -0.3 is 5.32 Å². The molecule has 2 aromatic carbocycles. The molecule has 0 fully saturated rings. The van der Waals surface area contributed by atoms with Gasteiger partial charge in [-0.05, 0) is 30.4 Å². The molecule has 0 aliphatic heterocycles. The summed E-state index contributed by atoms with van der Waals surface area (Å²) < 4.78 is 40.6. The second-order valence-corrected chi connectivity index (χ2v) is 5.39. The first-order valence-electron chi connectivity index (χ1n) is 7.14. The Morgan fingerprint density at radius 3 is 2.43 bits per heavy atom. The summed E-state index contributed by atoms with van der Waals surface area (Å²) >= 11 is 0. The lowest BCUT2D eigenvalue weighted by atomic mass is 9.99. The lowest BCUT2D eigenvalue weighted by Gasteiger charge is -2.21. The second-order valence-electron chi connectivity index (χ2n) is 5.39. The number of anilines is 1. The minimum Gasteiger partial charge on any atom is -0.373 e. The summed E-state index contributed by atoms with van der Waals surface area (Å²) in [5, 5.41) is 2.92. The van der Waals surface area contributed by atoms with Crippen molar-refractivity contribution in [2.24, 2.45) is 0 Å². The Morgan fingerprint density at radius 2 is 1.67 bits per heavy atom. The molecular formula is C17H16F3N. The van der Waals surface area contributed by atoms with E-state index in [1.807, 2.05) is 24.3 Å². The van der Waals surface area contributed by atoms with Gasteiger partial charge in [-0.2, -0.15) is 0 Å². The normalized spacial score (nSPS) is 18.0. The van der Waals surface area contributed by atoms with E-state index in [-0.39, 0.29) is 11.7 Å². The largest absolute Gasteiger partial charge is 0.373 e. The third kappa shape index (κ3) is 2.89. The van der Waals surface area contributed by atoms with Gasteiger partial charge in [0, 0.05) is 12.1 Å².